The number of anilines is 1. The smallest absolute Gasteiger partial charge is 0.331 e. The van der Waals surface area contributed by atoms with Gasteiger partial charge in [-0.15, -0.1) is 0 Å². The fraction of sp³-hybridized carbons (Fsp3) is 0.222. The Morgan fingerprint density at radius 1 is 1.18 bits per heavy atom. The molecule has 148 valence electrons. The van der Waals surface area contributed by atoms with Gasteiger partial charge >= 0.3 is 18.8 Å². The van der Waals surface area contributed by atoms with Crippen molar-refractivity contribution in [1.29, 1.82) is 0 Å². The van der Waals surface area contributed by atoms with Crippen LogP contribution in [0, 0.1) is 6.92 Å². The third kappa shape index (κ3) is 4.58. The van der Waals surface area contributed by atoms with Gasteiger partial charge in [0.25, 0.3) is 0 Å². The SMILES string of the molecule is CCOP(=O)(Nc1ccc(C)cc1)c1ccc(-c2noc(C(F)(F)Cl)n2)cc1. The van der Waals surface area contributed by atoms with Crippen LogP contribution in [0.1, 0.15) is 18.4 Å². The van der Waals surface area contributed by atoms with E-state index in [0.29, 0.717) is 16.6 Å². The molecule has 0 saturated heterocycles. The molecular formula is C18H17ClF2N3O3P. The normalized spacial score (nSPS) is 13.9. The van der Waals surface area contributed by atoms with Crippen molar-refractivity contribution in [3.8, 4) is 11.4 Å². The molecule has 0 amide bonds. The number of nitrogens with one attached hydrogen (secondary N) is 1. The van der Waals surface area contributed by atoms with Gasteiger partial charge in [0.1, 0.15) is 0 Å². The molecule has 0 aliphatic rings. The van der Waals surface area contributed by atoms with Gasteiger partial charge in [-0.1, -0.05) is 35.0 Å². The fourth-order valence-corrected chi connectivity index (χ4v) is 4.23. The highest BCUT2D eigenvalue weighted by molar-refractivity contribution is 7.68. The molecular weight excluding hydrogens is 411 g/mol. The second-order valence-corrected chi connectivity index (χ2v) is 8.49. The number of benzene rings is 2. The van der Waals surface area contributed by atoms with Crippen LogP contribution in [-0.2, 0) is 14.5 Å². The molecule has 1 aromatic heterocycles. The topological polar surface area (TPSA) is 77.2 Å². The van der Waals surface area contributed by atoms with E-state index in [1.165, 1.54) is 0 Å². The molecule has 6 nitrogen and oxygen atoms in total. The van der Waals surface area contributed by atoms with Crippen molar-refractivity contribution in [2.75, 3.05) is 11.7 Å². The van der Waals surface area contributed by atoms with Crippen LogP contribution in [0.3, 0.4) is 0 Å². The molecule has 0 saturated carbocycles. The van der Waals surface area contributed by atoms with Crippen molar-refractivity contribution in [3.63, 3.8) is 0 Å². The van der Waals surface area contributed by atoms with Crippen LogP contribution in [0.2, 0.25) is 0 Å². The van der Waals surface area contributed by atoms with Gasteiger partial charge in [-0.2, -0.15) is 13.8 Å². The van der Waals surface area contributed by atoms with Crippen LogP contribution in [0.4, 0.5) is 14.5 Å². The van der Waals surface area contributed by atoms with Gasteiger partial charge in [-0.05, 0) is 49.7 Å². The molecule has 0 radical (unpaired) electrons. The monoisotopic (exact) mass is 427 g/mol. The molecule has 0 fully saturated rings. The standard InChI is InChI=1S/C18H17ClF2N3O3P/c1-3-26-28(25,24-14-8-4-12(2)5-9-14)15-10-6-13(7-11-15)16-22-17(27-23-16)18(19,20)21/h4-11H,3H2,1-2H3,(H,24,25). The molecule has 1 atom stereocenters. The van der Waals surface area contributed by atoms with Gasteiger partial charge < -0.3 is 14.1 Å². The first-order valence-electron chi connectivity index (χ1n) is 8.33. The molecule has 0 spiro atoms. The molecule has 3 rings (SSSR count). The van der Waals surface area contributed by atoms with Crippen LogP contribution in [-0.4, -0.2) is 16.7 Å². The third-order valence-electron chi connectivity index (χ3n) is 3.77. The molecule has 0 aliphatic carbocycles. The average Bonchev–Trinajstić information content (AvgIpc) is 3.15. The van der Waals surface area contributed by atoms with E-state index in [9.17, 15) is 13.3 Å². The number of hydrogen-bond donors (Lipinski definition) is 1. The summed E-state index contributed by atoms with van der Waals surface area (Å²) in [6.07, 6.45) is 0. The van der Waals surface area contributed by atoms with E-state index in [1.807, 2.05) is 31.2 Å². The Bertz CT molecular complexity index is 989. The Balaban J connectivity index is 1.87. The minimum absolute atomic E-state index is 0.0559. The minimum atomic E-state index is -3.74. The summed E-state index contributed by atoms with van der Waals surface area (Å²) in [5, 5.41) is 3.11. The Kier molecular flexibility index (Phi) is 5.84. The maximum absolute atomic E-state index is 13.4. The lowest BCUT2D eigenvalue weighted by atomic mass is 10.2. The number of alkyl halides is 3. The van der Waals surface area contributed by atoms with Gasteiger partial charge in [-0.25, -0.2) is 0 Å². The molecule has 1 N–H and O–H groups in total. The van der Waals surface area contributed by atoms with E-state index < -0.39 is 18.8 Å². The summed E-state index contributed by atoms with van der Waals surface area (Å²) in [6.45, 7) is 3.93. The maximum Gasteiger partial charge on any atom is 0.400 e. The quantitative estimate of drug-likeness (QED) is 0.407. The van der Waals surface area contributed by atoms with Crippen molar-refractivity contribution in [1.82, 2.24) is 10.1 Å². The molecule has 3 aromatic rings. The highest BCUT2D eigenvalue weighted by Crippen LogP contribution is 2.45. The third-order valence-corrected chi connectivity index (χ3v) is 6.09. The van der Waals surface area contributed by atoms with Gasteiger partial charge in [0.05, 0.1) is 11.9 Å². The van der Waals surface area contributed by atoms with Crippen molar-refractivity contribution >= 4 is 30.1 Å². The molecule has 2 aromatic carbocycles. The van der Waals surface area contributed by atoms with E-state index >= 15 is 0 Å². The summed E-state index contributed by atoms with van der Waals surface area (Å²) < 4.78 is 49.4. The highest BCUT2D eigenvalue weighted by Gasteiger charge is 2.35. The van der Waals surface area contributed by atoms with E-state index in [1.54, 1.807) is 31.2 Å². The lowest BCUT2D eigenvalue weighted by molar-refractivity contribution is 0.0551. The number of aromatic nitrogens is 2. The van der Waals surface area contributed by atoms with Crippen molar-refractivity contribution in [3.05, 3.63) is 60.0 Å². The first kappa shape index (κ1) is 20.5. The van der Waals surface area contributed by atoms with Crippen LogP contribution >= 0.6 is 19.1 Å². The lowest BCUT2D eigenvalue weighted by Crippen LogP contribution is -2.14. The first-order chi connectivity index (χ1) is 13.2. The molecule has 1 heterocycles. The maximum atomic E-state index is 13.4. The van der Waals surface area contributed by atoms with Crippen molar-refractivity contribution in [2.45, 2.75) is 19.2 Å². The van der Waals surface area contributed by atoms with E-state index in [-0.39, 0.29) is 12.4 Å². The van der Waals surface area contributed by atoms with Gasteiger partial charge in [0.15, 0.2) is 0 Å². The van der Waals surface area contributed by atoms with E-state index in [0.717, 1.165) is 5.56 Å². The number of hydrogen-bond acceptors (Lipinski definition) is 5. The van der Waals surface area contributed by atoms with E-state index in [4.69, 9.17) is 16.1 Å². The van der Waals surface area contributed by atoms with Crippen LogP contribution < -0.4 is 10.4 Å². The predicted octanol–water partition coefficient (Wildman–Crippen LogP) is 5.30. The zero-order valence-corrected chi connectivity index (χ0v) is 16.7. The van der Waals surface area contributed by atoms with Crippen LogP contribution in [0.5, 0.6) is 0 Å². The Morgan fingerprint density at radius 3 is 2.36 bits per heavy atom. The average molecular weight is 428 g/mol. The highest BCUT2D eigenvalue weighted by atomic mass is 35.5. The molecule has 0 bridgehead atoms. The number of halogens is 3. The fourth-order valence-electron chi connectivity index (χ4n) is 2.41. The Labute approximate surface area is 165 Å². The van der Waals surface area contributed by atoms with Gasteiger partial charge in [0.2, 0.25) is 5.82 Å². The zero-order valence-electron chi connectivity index (χ0n) is 15.0. The largest absolute Gasteiger partial charge is 0.400 e. The summed E-state index contributed by atoms with van der Waals surface area (Å²) in [7, 11) is -3.40. The number of aryl methyl sites for hydroxylation is 1. The summed E-state index contributed by atoms with van der Waals surface area (Å²) in [5.74, 6) is -1.05. The summed E-state index contributed by atoms with van der Waals surface area (Å²) in [5.41, 5.74) is 2.12. The number of nitrogens with zero attached hydrogens (tertiary/aromatic N) is 2. The van der Waals surface area contributed by atoms with E-state index in [2.05, 4.69) is 19.8 Å². The lowest BCUT2D eigenvalue weighted by Gasteiger charge is -2.20. The Morgan fingerprint density at radius 2 is 1.82 bits per heavy atom. The van der Waals surface area contributed by atoms with Gasteiger partial charge in [0, 0.05) is 11.3 Å². The molecule has 28 heavy (non-hydrogen) atoms. The molecule has 1 unspecified atom stereocenters. The van der Waals surface area contributed by atoms with Crippen LogP contribution in [0.15, 0.2) is 53.1 Å². The molecule has 0 aliphatic heterocycles. The van der Waals surface area contributed by atoms with Crippen molar-refractivity contribution in [2.24, 2.45) is 0 Å². The Hall–Kier alpha value is -2.28. The van der Waals surface area contributed by atoms with Crippen molar-refractivity contribution < 1.29 is 22.4 Å². The first-order valence-corrected chi connectivity index (χ1v) is 10.3. The zero-order chi connectivity index (χ0) is 20.4. The summed E-state index contributed by atoms with van der Waals surface area (Å²) in [4.78, 5) is 3.58. The van der Waals surface area contributed by atoms with Crippen LogP contribution in [0.25, 0.3) is 11.4 Å². The predicted molar refractivity (Wildman–Crippen MR) is 103 cm³/mol. The number of rotatable bonds is 7. The minimum Gasteiger partial charge on any atom is -0.331 e. The molecule has 10 heteroatoms. The summed E-state index contributed by atoms with van der Waals surface area (Å²) >= 11 is 4.87. The second kappa shape index (κ2) is 7.99. The van der Waals surface area contributed by atoms with Gasteiger partial charge in [-0.3, -0.25) is 4.57 Å². The second-order valence-electron chi connectivity index (χ2n) is 5.91. The summed E-state index contributed by atoms with van der Waals surface area (Å²) in [6, 6.07) is 13.6.